The summed E-state index contributed by atoms with van der Waals surface area (Å²) in [5.74, 6) is 0.0927. The fourth-order valence-corrected chi connectivity index (χ4v) is 4.43. The van der Waals surface area contributed by atoms with Crippen molar-refractivity contribution in [1.29, 1.82) is 0 Å². The van der Waals surface area contributed by atoms with E-state index >= 15 is 0 Å². The van der Waals surface area contributed by atoms with Crippen molar-refractivity contribution in [3.63, 3.8) is 0 Å². The molecule has 2 aromatic rings. The first kappa shape index (κ1) is 31.8. The number of carbonyl (C=O) groups excluding carboxylic acids is 1. The summed E-state index contributed by atoms with van der Waals surface area (Å²) in [5.41, 5.74) is 0.867. The quantitative estimate of drug-likeness (QED) is 0.110. The van der Waals surface area contributed by atoms with Crippen LogP contribution in [-0.4, -0.2) is 128 Å². The minimum absolute atomic E-state index is 0.0809. The van der Waals surface area contributed by atoms with Crippen LogP contribution in [-0.2, 0) is 9.47 Å². The highest BCUT2D eigenvalue weighted by atomic mass is 16.7. The molecule has 14 nitrogen and oxygen atoms in total. The zero-order valence-electron chi connectivity index (χ0n) is 22.4. The van der Waals surface area contributed by atoms with Gasteiger partial charge in [0.15, 0.2) is 17.3 Å². The maximum atomic E-state index is 12.8. The zero-order valence-corrected chi connectivity index (χ0v) is 22.4. The van der Waals surface area contributed by atoms with E-state index in [4.69, 9.17) is 23.7 Å². The summed E-state index contributed by atoms with van der Waals surface area (Å²) in [7, 11) is 1.34. The third-order valence-corrected chi connectivity index (χ3v) is 6.95. The molecule has 0 bridgehead atoms. The third-order valence-electron chi connectivity index (χ3n) is 6.95. The van der Waals surface area contributed by atoms with Gasteiger partial charge in [0.1, 0.15) is 54.6 Å². The van der Waals surface area contributed by atoms with Crippen LogP contribution in [0, 0.1) is 0 Å². The van der Waals surface area contributed by atoms with Gasteiger partial charge in [0, 0.05) is 5.56 Å². The molecule has 4 rings (SSSR count). The van der Waals surface area contributed by atoms with E-state index in [1.807, 2.05) is 0 Å². The Morgan fingerprint density at radius 3 is 1.81 bits per heavy atom. The van der Waals surface area contributed by atoms with Crippen LogP contribution < -0.4 is 14.2 Å². The van der Waals surface area contributed by atoms with Gasteiger partial charge in [-0.1, -0.05) is 18.2 Å². The number of aliphatic hydroxyl groups excluding tert-OH is 8. The molecule has 2 aliphatic rings. The molecule has 0 aliphatic carbocycles. The molecule has 2 fully saturated rings. The minimum Gasteiger partial charge on any atom is -0.493 e. The number of hydrogen-bond donors (Lipinski definition) is 8. The first-order chi connectivity index (χ1) is 20.1. The van der Waals surface area contributed by atoms with Gasteiger partial charge in [0.2, 0.25) is 12.6 Å². The number of aliphatic hydroxyl groups is 8. The second kappa shape index (κ2) is 13.9. The van der Waals surface area contributed by atoms with Crippen LogP contribution in [0.5, 0.6) is 17.2 Å². The molecule has 2 saturated heterocycles. The van der Waals surface area contributed by atoms with Crippen molar-refractivity contribution in [2.45, 2.75) is 61.4 Å². The van der Waals surface area contributed by atoms with Crippen LogP contribution in [0.2, 0.25) is 0 Å². The van der Waals surface area contributed by atoms with E-state index in [1.165, 1.54) is 31.4 Å². The third kappa shape index (κ3) is 6.90. The molecule has 8 N–H and O–H groups in total. The summed E-state index contributed by atoms with van der Waals surface area (Å²) >= 11 is 0. The fourth-order valence-electron chi connectivity index (χ4n) is 4.43. The van der Waals surface area contributed by atoms with Gasteiger partial charge < -0.3 is 64.5 Å². The van der Waals surface area contributed by atoms with Crippen LogP contribution in [0.25, 0.3) is 6.08 Å². The molecular formula is C28H34O14. The largest absolute Gasteiger partial charge is 0.493 e. The Bertz CT molecular complexity index is 1220. The Morgan fingerprint density at radius 2 is 1.29 bits per heavy atom. The summed E-state index contributed by atoms with van der Waals surface area (Å²) in [6, 6.07) is 10.6. The molecule has 0 aromatic heterocycles. The molecule has 2 aliphatic heterocycles. The van der Waals surface area contributed by atoms with E-state index in [-0.39, 0.29) is 28.6 Å². The molecule has 0 saturated carbocycles. The summed E-state index contributed by atoms with van der Waals surface area (Å²) < 4.78 is 27.1. The summed E-state index contributed by atoms with van der Waals surface area (Å²) in [4.78, 5) is 12.8. The lowest BCUT2D eigenvalue weighted by atomic mass is 9.99. The van der Waals surface area contributed by atoms with Gasteiger partial charge in [-0.2, -0.15) is 0 Å². The highest BCUT2D eigenvalue weighted by molar-refractivity contribution is 6.07. The highest BCUT2D eigenvalue weighted by Crippen LogP contribution is 2.32. The number of allylic oxidation sites excluding steroid dienone is 1. The molecule has 230 valence electrons. The predicted molar refractivity (Wildman–Crippen MR) is 142 cm³/mol. The first-order valence-corrected chi connectivity index (χ1v) is 13.0. The Hall–Kier alpha value is -3.15. The average molecular weight is 595 g/mol. The van der Waals surface area contributed by atoms with Crippen LogP contribution in [0.4, 0.5) is 0 Å². The molecule has 10 atom stereocenters. The number of methoxy groups -OCH3 is 1. The number of benzene rings is 2. The van der Waals surface area contributed by atoms with E-state index in [2.05, 4.69) is 0 Å². The van der Waals surface area contributed by atoms with E-state index in [0.29, 0.717) is 5.56 Å². The van der Waals surface area contributed by atoms with Gasteiger partial charge in [0.05, 0.1) is 20.3 Å². The van der Waals surface area contributed by atoms with Crippen molar-refractivity contribution in [2.75, 3.05) is 20.3 Å². The lowest BCUT2D eigenvalue weighted by Crippen LogP contribution is -2.60. The zero-order chi connectivity index (χ0) is 30.6. The lowest BCUT2D eigenvalue weighted by Gasteiger charge is -2.39. The van der Waals surface area contributed by atoms with Crippen molar-refractivity contribution in [1.82, 2.24) is 0 Å². The SMILES string of the molecule is COc1cc(C(=O)C=Cc2ccc(O[C@@H]3O[C@H](CO)[C@@H](O)[C@H](O)[C@H]3O)cc2)ccc1O[C@@H]1O[C@H](CO)[C@@H](O)[C@H](O)[C@H]1O. The Labute approximate surface area is 240 Å². The van der Waals surface area contributed by atoms with Gasteiger partial charge in [-0.15, -0.1) is 0 Å². The number of ether oxygens (including phenoxy) is 5. The topological polar surface area (TPSA) is 225 Å². The van der Waals surface area contributed by atoms with Gasteiger partial charge in [-0.3, -0.25) is 4.79 Å². The smallest absolute Gasteiger partial charge is 0.229 e. The van der Waals surface area contributed by atoms with Gasteiger partial charge in [-0.25, -0.2) is 0 Å². The second-order valence-electron chi connectivity index (χ2n) is 9.76. The van der Waals surface area contributed by atoms with E-state index < -0.39 is 74.6 Å². The normalized spacial score (nSPS) is 33.4. The van der Waals surface area contributed by atoms with Crippen LogP contribution in [0.15, 0.2) is 48.5 Å². The molecule has 0 radical (unpaired) electrons. The van der Waals surface area contributed by atoms with Gasteiger partial charge in [0.25, 0.3) is 0 Å². The van der Waals surface area contributed by atoms with E-state index in [9.17, 15) is 45.6 Å². The van der Waals surface area contributed by atoms with Crippen LogP contribution >= 0.6 is 0 Å². The lowest BCUT2D eigenvalue weighted by molar-refractivity contribution is -0.277. The summed E-state index contributed by atoms with van der Waals surface area (Å²) in [5, 5.41) is 78.7. The van der Waals surface area contributed by atoms with Crippen LogP contribution in [0.3, 0.4) is 0 Å². The second-order valence-corrected chi connectivity index (χ2v) is 9.76. The van der Waals surface area contributed by atoms with Crippen molar-refractivity contribution in [2.24, 2.45) is 0 Å². The molecule has 2 heterocycles. The fraction of sp³-hybridized carbons (Fsp3) is 0.464. The van der Waals surface area contributed by atoms with Crippen molar-refractivity contribution in [3.8, 4) is 17.2 Å². The Morgan fingerprint density at radius 1 is 0.738 bits per heavy atom. The maximum absolute atomic E-state index is 12.8. The minimum atomic E-state index is -1.62. The highest BCUT2D eigenvalue weighted by Gasteiger charge is 2.46. The maximum Gasteiger partial charge on any atom is 0.229 e. The number of hydrogen-bond acceptors (Lipinski definition) is 14. The summed E-state index contributed by atoms with van der Waals surface area (Å²) in [6.07, 6.45) is -11.5. The summed E-state index contributed by atoms with van der Waals surface area (Å²) in [6.45, 7) is -1.20. The van der Waals surface area contributed by atoms with E-state index in [1.54, 1.807) is 30.3 Å². The average Bonchev–Trinajstić information content (AvgIpc) is 3.01. The molecule has 42 heavy (non-hydrogen) atoms. The first-order valence-electron chi connectivity index (χ1n) is 13.0. The van der Waals surface area contributed by atoms with Gasteiger partial charge in [-0.05, 0) is 42.0 Å². The molecule has 14 heteroatoms. The molecule has 0 amide bonds. The molecular weight excluding hydrogens is 560 g/mol. The van der Waals surface area contributed by atoms with Crippen molar-refractivity contribution >= 4 is 11.9 Å². The molecule has 0 unspecified atom stereocenters. The Balaban J connectivity index is 1.39. The monoisotopic (exact) mass is 594 g/mol. The molecule has 0 spiro atoms. The number of carbonyl (C=O) groups is 1. The Kier molecular flexibility index (Phi) is 10.5. The molecule has 2 aromatic carbocycles. The van der Waals surface area contributed by atoms with Gasteiger partial charge >= 0.3 is 0 Å². The van der Waals surface area contributed by atoms with Crippen molar-refractivity contribution in [3.05, 3.63) is 59.7 Å². The van der Waals surface area contributed by atoms with Crippen molar-refractivity contribution < 1.29 is 69.3 Å². The van der Waals surface area contributed by atoms with Crippen LogP contribution in [0.1, 0.15) is 15.9 Å². The number of ketones is 1. The standard InChI is InChI=1S/C28H34O14/c1-38-18-10-14(5-9-17(18)40-28-26(37)24(35)22(33)20(12-30)42-28)16(31)8-4-13-2-6-15(7-3-13)39-27-25(36)23(34)21(32)19(11-29)41-27/h2-10,19-30,32-37H,11-12H2,1H3/t19-,20-,21-,22-,23+,24+,25-,26-,27-,28-/m1/s1. The van der Waals surface area contributed by atoms with E-state index in [0.717, 1.165) is 0 Å². The number of rotatable bonds is 10. The predicted octanol–water partition coefficient (Wildman–Crippen LogP) is -2.05.